The Kier molecular flexibility index (Phi) is 4.98. The first kappa shape index (κ1) is 12.2. The van der Waals surface area contributed by atoms with Crippen LogP contribution in [0.5, 0.6) is 0 Å². The van der Waals surface area contributed by atoms with Crippen molar-refractivity contribution in [3.05, 3.63) is 46.0 Å². The fourth-order valence-electron chi connectivity index (χ4n) is 1.17. The molecule has 1 rings (SSSR count). The van der Waals surface area contributed by atoms with Crippen LogP contribution in [0.3, 0.4) is 0 Å². The average Bonchev–Trinajstić information content (AvgIpc) is 2.29. The van der Waals surface area contributed by atoms with Crippen LogP contribution in [0.25, 0.3) is 0 Å². The Morgan fingerprint density at radius 2 is 1.94 bits per heavy atom. The van der Waals surface area contributed by atoms with Crippen LogP contribution in [-0.4, -0.2) is 24.0 Å². The first-order valence-electron chi connectivity index (χ1n) is 5.04. The van der Waals surface area contributed by atoms with Crippen molar-refractivity contribution in [1.29, 1.82) is 0 Å². The Hall–Kier alpha value is -1.91. The summed E-state index contributed by atoms with van der Waals surface area (Å²) < 4.78 is 4.95. The van der Waals surface area contributed by atoms with Gasteiger partial charge in [-0.2, -0.15) is 0 Å². The SMILES string of the molecule is O=C(OCCCC[N+](=O)[O-])c1ccccc1. The number of nitro groups is 1. The molecule has 1 aromatic carbocycles. The van der Waals surface area contributed by atoms with Crippen LogP contribution < -0.4 is 0 Å². The number of hydrogen-bond acceptors (Lipinski definition) is 4. The first-order chi connectivity index (χ1) is 7.70. The van der Waals surface area contributed by atoms with E-state index in [4.69, 9.17) is 4.74 Å². The molecule has 86 valence electrons. The maximum absolute atomic E-state index is 11.4. The fraction of sp³-hybridized carbons (Fsp3) is 0.364. The summed E-state index contributed by atoms with van der Waals surface area (Å²) >= 11 is 0. The number of rotatable bonds is 6. The zero-order valence-corrected chi connectivity index (χ0v) is 8.80. The number of hydrogen-bond donors (Lipinski definition) is 0. The van der Waals surface area contributed by atoms with Crippen LogP contribution in [-0.2, 0) is 4.74 Å². The molecule has 0 saturated carbocycles. The molecule has 0 N–H and O–H groups in total. The second-order valence-corrected chi connectivity index (χ2v) is 3.27. The number of esters is 1. The van der Waals surface area contributed by atoms with Crippen LogP contribution in [0, 0.1) is 10.1 Å². The summed E-state index contributed by atoms with van der Waals surface area (Å²) in [7, 11) is 0. The van der Waals surface area contributed by atoms with Crippen LogP contribution >= 0.6 is 0 Å². The van der Waals surface area contributed by atoms with Gasteiger partial charge in [-0.3, -0.25) is 10.1 Å². The number of carbonyl (C=O) groups is 1. The van der Waals surface area contributed by atoms with E-state index in [1.165, 1.54) is 0 Å². The van der Waals surface area contributed by atoms with Crippen molar-refractivity contribution in [3.8, 4) is 0 Å². The molecule has 0 saturated heterocycles. The quantitative estimate of drug-likeness (QED) is 0.319. The fourth-order valence-corrected chi connectivity index (χ4v) is 1.17. The van der Waals surface area contributed by atoms with Gasteiger partial charge in [0.2, 0.25) is 6.54 Å². The van der Waals surface area contributed by atoms with Crippen LogP contribution in [0.2, 0.25) is 0 Å². The normalized spacial score (nSPS) is 9.75. The monoisotopic (exact) mass is 223 g/mol. The molecule has 0 amide bonds. The Morgan fingerprint density at radius 1 is 1.25 bits per heavy atom. The molecule has 1 aromatic rings. The maximum atomic E-state index is 11.4. The third-order valence-electron chi connectivity index (χ3n) is 1.98. The number of benzene rings is 1. The predicted octanol–water partition coefficient (Wildman–Crippen LogP) is 1.90. The molecule has 0 fully saturated rings. The highest BCUT2D eigenvalue weighted by atomic mass is 16.6. The van der Waals surface area contributed by atoms with E-state index in [9.17, 15) is 14.9 Å². The largest absolute Gasteiger partial charge is 0.462 e. The van der Waals surface area contributed by atoms with Gasteiger partial charge in [-0.25, -0.2) is 4.79 Å². The molecule has 0 aromatic heterocycles. The van der Waals surface area contributed by atoms with Gasteiger partial charge in [0.25, 0.3) is 0 Å². The first-order valence-corrected chi connectivity index (χ1v) is 5.04. The highest BCUT2D eigenvalue weighted by Crippen LogP contribution is 2.02. The highest BCUT2D eigenvalue weighted by molar-refractivity contribution is 5.89. The van der Waals surface area contributed by atoms with Crippen LogP contribution in [0.15, 0.2) is 30.3 Å². The summed E-state index contributed by atoms with van der Waals surface area (Å²) in [5, 5.41) is 10.0. The Morgan fingerprint density at radius 3 is 2.56 bits per heavy atom. The molecule has 0 aliphatic heterocycles. The van der Waals surface area contributed by atoms with E-state index in [0.29, 0.717) is 18.4 Å². The third kappa shape index (κ3) is 4.54. The molecule has 0 radical (unpaired) electrons. The van der Waals surface area contributed by atoms with Crippen LogP contribution in [0.1, 0.15) is 23.2 Å². The van der Waals surface area contributed by atoms with E-state index in [2.05, 4.69) is 0 Å². The lowest BCUT2D eigenvalue weighted by Crippen LogP contribution is -2.08. The molecule has 0 spiro atoms. The molecule has 0 unspecified atom stereocenters. The summed E-state index contributed by atoms with van der Waals surface area (Å²) in [6, 6.07) is 8.65. The zero-order chi connectivity index (χ0) is 11.8. The molecule has 16 heavy (non-hydrogen) atoms. The number of ether oxygens (including phenoxy) is 1. The molecule has 0 bridgehead atoms. The minimum atomic E-state index is -0.387. The van der Waals surface area contributed by atoms with E-state index < -0.39 is 0 Å². The van der Waals surface area contributed by atoms with Crippen LogP contribution in [0.4, 0.5) is 0 Å². The van der Waals surface area contributed by atoms with E-state index in [0.717, 1.165) is 0 Å². The maximum Gasteiger partial charge on any atom is 0.338 e. The Labute approximate surface area is 93.2 Å². The van der Waals surface area contributed by atoms with Gasteiger partial charge in [-0.05, 0) is 18.6 Å². The van der Waals surface area contributed by atoms with Gasteiger partial charge < -0.3 is 4.74 Å². The summed E-state index contributed by atoms with van der Waals surface area (Å²) in [6.07, 6.45) is 0.939. The van der Waals surface area contributed by atoms with E-state index >= 15 is 0 Å². The molecule has 0 heterocycles. The molecular weight excluding hydrogens is 210 g/mol. The van der Waals surface area contributed by atoms with Gasteiger partial charge in [-0.15, -0.1) is 0 Å². The summed E-state index contributed by atoms with van der Waals surface area (Å²) in [6.45, 7) is 0.143. The van der Waals surface area contributed by atoms with E-state index in [1.807, 2.05) is 6.07 Å². The number of unbranched alkanes of at least 4 members (excludes halogenated alkanes) is 1. The molecule has 5 heteroatoms. The molecule has 0 aliphatic rings. The number of carbonyl (C=O) groups excluding carboxylic acids is 1. The van der Waals surface area contributed by atoms with Crippen molar-refractivity contribution < 1.29 is 14.5 Å². The van der Waals surface area contributed by atoms with Crippen molar-refractivity contribution in [2.45, 2.75) is 12.8 Å². The highest BCUT2D eigenvalue weighted by Gasteiger charge is 2.05. The lowest BCUT2D eigenvalue weighted by atomic mass is 10.2. The van der Waals surface area contributed by atoms with Crippen molar-refractivity contribution in [2.24, 2.45) is 0 Å². The lowest BCUT2D eigenvalue weighted by Gasteiger charge is -2.03. The van der Waals surface area contributed by atoms with E-state index in [-0.39, 0.29) is 24.0 Å². The minimum Gasteiger partial charge on any atom is -0.462 e. The Bertz CT molecular complexity index is 350. The standard InChI is InChI=1S/C11H13NO4/c13-11(10-6-2-1-3-7-10)16-9-5-4-8-12(14)15/h1-3,6-7H,4-5,8-9H2. The van der Waals surface area contributed by atoms with Gasteiger partial charge >= 0.3 is 5.97 Å². The van der Waals surface area contributed by atoms with Crippen molar-refractivity contribution in [3.63, 3.8) is 0 Å². The van der Waals surface area contributed by atoms with Gasteiger partial charge in [0, 0.05) is 11.3 Å². The van der Waals surface area contributed by atoms with Crippen molar-refractivity contribution in [1.82, 2.24) is 0 Å². The molecule has 0 atom stereocenters. The summed E-state index contributed by atoms with van der Waals surface area (Å²) in [4.78, 5) is 21.0. The molecule has 5 nitrogen and oxygen atoms in total. The third-order valence-corrected chi connectivity index (χ3v) is 1.98. The smallest absolute Gasteiger partial charge is 0.338 e. The number of nitrogens with zero attached hydrogens (tertiary/aromatic N) is 1. The Balaban J connectivity index is 2.19. The second kappa shape index (κ2) is 6.55. The predicted molar refractivity (Wildman–Crippen MR) is 57.8 cm³/mol. The van der Waals surface area contributed by atoms with Gasteiger partial charge in [0.15, 0.2) is 0 Å². The molecule has 0 aliphatic carbocycles. The van der Waals surface area contributed by atoms with Gasteiger partial charge in [0.1, 0.15) is 0 Å². The van der Waals surface area contributed by atoms with Gasteiger partial charge in [-0.1, -0.05) is 18.2 Å². The average molecular weight is 223 g/mol. The summed E-state index contributed by atoms with van der Waals surface area (Å²) in [5.74, 6) is -0.387. The minimum absolute atomic E-state index is 0.0805. The topological polar surface area (TPSA) is 69.4 Å². The summed E-state index contributed by atoms with van der Waals surface area (Å²) in [5.41, 5.74) is 0.497. The molecular formula is C11H13NO4. The second-order valence-electron chi connectivity index (χ2n) is 3.27. The van der Waals surface area contributed by atoms with Gasteiger partial charge in [0.05, 0.1) is 12.2 Å². The lowest BCUT2D eigenvalue weighted by molar-refractivity contribution is -0.480. The van der Waals surface area contributed by atoms with Crippen molar-refractivity contribution in [2.75, 3.05) is 13.2 Å². The zero-order valence-electron chi connectivity index (χ0n) is 8.80. The van der Waals surface area contributed by atoms with Crippen molar-refractivity contribution >= 4 is 5.97 Å². The van der Waals surface area contributed by atoms with E-state index in [1.54, 1.807) is 24.3 Å².